The molecular formula is C103H81N25O5. The number of carbonyl (C=O) groups excluding carboxylic acids is 5. The lowest BCUT2D eigenvalue weighted by Gasteiger charge is -2.08. The molecule has 30 heteroatoms. The Balaban J connectivity index is 0.000000121. The summed E-state index contributed by atoms with van der Waals surface area (Å²) < 4.78 is 8.07. The topological polar surface area (TPSA) is 363 Å². The molecule has 5 amide bonds. The number of amides is 5. The molecule has 133 heavy (non-hydrogen) atoms. The van der Waals surface area contributed by atoms with E-state index in [0.717, 1.165) is 56.3 Å². The number of anilines is 5. The summed E-state index contributed by atoms with van der Waals surface area (Å²) >= 11 is 0. The molecule has 10 aromatic carbocycles. The first kappa shape index (κ1) is 87.5. The highest BCUT2D eigenvalue weighted by Gasteiger charge is 2.24. The molecule has 0 aliphatic heterocycles. The lowest BCUT2D eigenvalue weighted by molar-refractivity contribution is 0.101. The average Bonchev–Trinajstić information content (AvgIpc) is 1.68. The number of nitrogens with zero attached hydrogens (tertiary/aromatic N) is 20. The highest BCUT2D eigenvalue weighted by atomic mass is 16.2. The second-order valence-corrected chi connectivity index (χ2v) is 29.1. The van der Waals surface area contributed by atoms with Gasteiger partial charge in [0.2, 0.25) is 47.2 Å². The van der Waals surface area contributed by atoms with E-state index in [2.05, 4.69) is 102 Å². The Labute approximate surface area is 762 Å². The Hall–Kier alpha value is -19.0. The van der Waals surface area contributed by atoms with Gasteiger partial charge in [-0.25, -0.2) is 0 Å². The maximum Gasteiger partial charge on any atom is 0.258 e. The lowest BCUT2D eigenvalue weighted by atomic mass is 10.1. The van der Waals surface area contributed by atoms with Crippen molar-refractivity contribution in [2.45, 2.75) is 20.8 Å². The molecule has 0 spiro atoms. The second-order valence-electron chi connectivity index (χ2n) is 29.1. The number of nitrogens with one attached hydrogen (secondary N) is 5. The molecule has 5 N–H and O–H groups in total. The summed E-state index contributed by atoms with van der Waals surface area (Å²) in [5.74, 6) is 2.90. The largest absolute Gasteiger partial charge is 0.290 e. The highest BCUT2D eigenvalue weighted by molar-refractivity contribution is 6.07. The first-order valence-electron chi connectivity index (χ1n) is 41.8. The van der Waals surface area contributed by atoms with E-state index in [-0.39, 0.29) is 29.5 Å². The van der Waals surface area contributed by atoms with Crippen LogP contribution in [0.1, 0.15) is 68.5 Å². The summed E-state index contributed by atoms with van der Waals surface area (Å²) in [6.07, 6.45) is 11.8. The molecule has 20 rings (SSSR count). The summed E-state index contributed by atoms with van der Waals surface area (Å²) in [5, 5.41) is 37.1. The van der Waals surface area contributed by atoms with Crippen molar-refractivity contribution in [1.29, 1.82) is 0 Å². The zero-order valence-corrected chi connectivity index (χ0v) is 71.7. The molecule has 0 aliphatic rings. The van der Waals surface area contributed by atoms with Crippen molar-refractivity contribution in [3.63, 3.8) is 0 Å². The molecule has 0 unspecified atom stereocenters. The van der Waals surface area contributed by atoms with Crippen molar-refractivity contribution in [2.75, 3.05) is 26.6 Å². The summed E-state index contributed by atoms with van der Waals surface area (Å²) in [6, 6.07) is 112. The molecule has 0 radical (unpaired) electrons. The third-order valence-electron chi connectivity index (χ3n) is 19.9. The average molecular weight is 1750 g/mol. The number of carbonyl (C=O) groups is 5. The van der Waals surface area contributed by atoms with Gasteiger partial charge in [0.1, 0.15) is 17.1 Å². The number of hydrogen-bond acceptors (Lipinski definition) is 20. The van der Waals surface area contributed by atoms with Crippen LogP contribution in [0.25, 0.3) is 85.8 Å². The molecule has 10 heterocycles. The van der Waals surface area contributed by atoms with Gasteiger partial charge in [0.05, 0.1) is 28.4 Å². The summed E-state index contributed by atoms with van der Waals surface area (Å²) in [6.45, 7) is 5.70. The van der Waals surface area contributed by atoms with Gasteiger partial charge < -0.3 is 0 Å². The van der Waals surface area contributed by atoms with E-state index in [1.165, 1.54) is 0 Å². The van der Waals surface area contributed by atoms with E-state index in [1.807, 2.05) is 342 Å². The van der Waals surface area contributed by atoms with E-state index < -0.39 is 0 Å². The van der Waals surface area contributed by atoms with Gasteiger partial charge in [-0.05, 0) is 201 Å². The second kappa shape index (κ2) is 42.8. The fourth-order valence-corrected chi connectivity index (χ4v) is 13.3. The maximum absolute atomic E-state index is 12.8. The zero-order chi connectivity index (χ0) is 91.5. The molecule has 648 valence electrons. The van der Waals surface area contributed by atoms with Crippen molar-refractivity contribution in [1.82, 2.24) is 98.7 Å². The van der Waals surface area contributed by atoms with Crippen molar-refractivity contribution < 1.29 is 24.0 Å². The summed E-state index contributed by atoms with van der Waals surface area (Å²) in [7, 11) is 0. The Kier molecular flexibility index (Phi) is 28.1. The highest BCUT2D eigenvalue weighted by Crippen LogP contribution is 2.28. The first-order chi connectivity index (χ1) is 65.3. The van der Waals surface area contributed by atoms with E-state index in [9.17, 15) is 24.0 Å². The fraction of sp³-hybridized carbons (Fsp3) is 0.0291. The third kappa shape index (κ3) is 22.3. The molecule has 20 aromatic rings. The predicted molar refractivity (Wildman–Crippen MR) is 509 cm³/mol. The predicted octanol–water partition coefficient (Wildman–Crippen LogP) is 18.8. The Morgan fingerprint density at radius 2 is 0.474 bits per heavy atom. The van der Waals surface area contributed by atoms with Crippen LogP contribution in [-0.4, -0.2) is 128 Å². The van der Waals surface area contributed by atoms with E-state index in [4.69, 9.17) is 0 Å². The standard InChI is InChI=1S/3C21H17N5O.2C20H15N5O/c1-15-9-5-6-12-17(15)20(27)24-21-23-19(18-13-7-8-14-22-18)25-26(21)16-10-3-2-4-11-16;1-15-8-5-6-12-18(15)20(27)24-21-23-19(16-9-7-13-22-14-16)25-26(21)17-10-3-2-4-11-17;1-15-7-5-6-10-18(15)20(27)24-21-23-19(16-11-13-22-14-12-16)25-26(21)17-8-3-2-4-9-17;2*26-19(15-9-3-1-4-10-15)23-20-22-18(17-13-7-8-14-21-17)24-25(20)16-11-5-2-6-12-16/h3*2-14H,1H3,(H,23,24,25,27);2*1-14H,(H,22,23,24,26). The number of benzene rings is 10. The minimum Gasteiger partial charge on any atom is -0.290 e. The van der Waals surface area contributed by atoms with Gasteiger partial charge in [0.15, 0.2) is 11.6 Å². The lowest BCUT2D eigenvalue weighted by Crippen LogP contribution is -2.16. The van der Waals surface area contributed by atoms with Crippen molar-refractivity contribution in [3.8, 4) is 85.8 Å². The van der Waals surface area contributed by atoms with Crippen LogP contribution >= 0.6 is 0 Å². The van der Waals surface area contributed by atoms with Crippen LogP contribution in [0.4, 0.5) is 29.7 Å². The van der Waals surface area contributed by atoms with Crippen LogP contribution < -0.4 is 26.6 Å². The van der Waals surface area contributed by atoms with Crippen molar-refractivity contribution >= 4 is 59.3 Å². The summed E-state index contributed by atoms with van der Waals surface area (Å²) in [5.41, 5.74) is 13.1. The minimum absolute atomic E-state index is 0.223. The van der Waals surface area contributed by atoms with Gasteiger partial charge in [-0.3, -0.25) is 75.5 Å². The van der Waals surface area contributed by atoms with Crippen LogP contribution in [-0.2, 0) is 0 Å². The van der Waals surface area contributed by atoms with Crippen LogP contribution in [0.5, 0.6) is 0 Å². The Bertz CT molecular complexity index is 6680. The third-order valence-corrected chi connectivity index (χ3v) is 19.9. The van der Waals surface area contributed by atoms with Gasteiger partial charge in [-0.2, -0.15) is 48.3 Å². The van der Waals surface area contributed by atoms with Crippen LogP contribution in [0.15, 0.2) is 407 Å². The quantitative estimate of drug-likeness (QED) is 0.0473. The van der Waals surface area contributed by atoms with Gasteiger partial charge in [-0.15, -0.1) is 25.5 Å². The van der Waals surface area contributed by atoms with Crippen LogP contribution in [0.3, 0.4) is 0 Å². The minimum atomic E-state index is -0.247. The fourth-order valence-electron chi connectivity index (χ4n) is 13.3. The maximum atomic E-state index is 12.8. The SMILES string of the molecule is Cc1ccccc1C(=O)Nc1nc(-c2ccccn2)nn1-c1ccccc1.Cc1ccccc1C(=O)Nc1nc(-c2cccnc2)nn1-c1ccccc1.Cc1ccccc1C(=O)Nc1nc(-c2ccncc2)nn1-c1ccccc1.O=C(Nc1nc(-c2ccccn2)nn1-c1ccccc1)c1ccccc1.O=C(Nc1nc(-c2ccccn2)nn1-c1ccccc1)c1ccccc1. The molecule has 0 aliphatic carbocycles. The monoisotopic (exact) mass is 1750 g/mol. The molecule has 0 atom stereocenters. The van der Waals surface area contributed by atoms with Gasteiger partial charge >= 0.3 is 0 Å². The van der Waals surface area contributed by atoms with Gasteiger partial charge in [0.25, 0.3) is 29.5 Å². The summed E-state index contributed by atoms with van der Waals surface area (Å²) in [4.78, 5) is 107. The molecule has 30 nitrogen and oxygen atoms in total. The molecule has 0 bridgehead atoms. The van der Waals surface area contributed by atoms with E-state index in [1.54, 1.807) is 109 Å². The number of pyridine rings is 5. The smallest absolute Gasteiger partial charge is 0.258 e. The zero-order valence-electron chi connectivity index (χ0n) is 71.7. The molecular weight excluding hydrogens is 1670 g/mol. The van der Waals surface area contributed by atoms with Crippen molar-refractivity contribution in [3.05, 3.63) is 452 Å². The number of aromatic nitrogens is 20. The van der Waals surface area contributed by atoms with Gasteiger partial charge in [0, 0.05) is 82.3 Å². The van der Waals surface area contributed by atoms with Gasteiger partial charge in [-0.1, -0.05) is 200 Å². The molecule has 0 fully saturated rings. The molecule has 0 saturated heterocycles. The molecule has 0 saturated carbocycles. The van der Waals surface area contributed by atoms with E-state index in [0.29, 0.717) is 104 Å². The number of rotatable bonds is 20. The van der Waals surface area contributed by atoms with Crippen molar-refractivity contribution in [2.24, 2.45) is 0 Å². The normalized spacial score (nSPS) is 10.5. The number of para-hydroxylation sites is 5. The van der Waals surface area contributed by atoms with E-state index >= 15 is 0 Å². The number of aryl methyl sites for hydroxylation is 3. The number of hydrogen-bond donors (Lipinski definition) is 5. The Morgan fingerprint density at radius 3 is 0.752 bits per heavy atom. The van der Waals surface area contributed by atoms with Crippen LogP contribution in [0.2, 0.25) is 0 Å². The first-order valence-corrected chi connectivity index (χ1v) is 41.8. The van der Waals surface area contributed by atoms with Crippen LogP contribution in [0, 0.1) is 20.8 Å². The molecule has 10 aromatic heterocycles. The Morgan fingerprint density at radius 1 is 0.218 bits per heavy atom.